The van der Waals surface area contributed by atoms with Gasteiger partial charge in [-0.15, -0.1) is 0 Å². The average molecular weight is 316 g/mol. The molecule has 7 heteroatoms. The summed E-state index contributed by atoms with van der Waals surface area (Å²) in [5.41, 5.74) is 1.24. The standard InChI is InChI=1S/C16H20N4O3/c1-21-14-8-15(22-2)20-16(19-14)18-13-10-23-9-12(13)7-11-3-5-17-6-4-11/h3-6,8,12-13H,7,9-10H2,1-2H3,(H,18,19,20)/t12-,13+/m1/s1. The first kappa shape index (κ1) is 15.5. The summed E-state index contributed by atoms with van der Waals surface area (Å²) in [7, 11) is 3.13. The number of hydrogen-bond donors (Lipinski definition) is 1. The highest BCUT2D eigenvalue weighted by atomic mass is 16.5. The van der Waals surface area contributed by atoms with E-state index >= 15 is 0 Å². The van der Waals surface area contributed by atoms with Crippen molar-refractivity contribution in [2.24, 2.45) is 5.92 Å². The van der Waals surface area contributed by atoms with Crippen LogP contribution in [0.4, 0.5) is 5.95 Å². The van der Waals surface area contributed by atoms with E-state index in [2.05, 4.69) is 20.3 Å². The van der Waals surface area contributed by atoms with E-state index in [1.807, 2.05) is 24.5 Å². The summed E-state index contributed by atoms with van der Waals surface area (Å²) < 4.78 is 16.0. The second-order valence-electron chi connectivity index (χ2n) is 5.38. The van der Waals surface area contributed by atoms with E-state index in [-0.39, 0.29) is 6.04 Å². The number of hydrogen-bond acceptors (Lipinski definition) is 7. The van der Waals surface area contributed by atoms with E-state index in [0.29, 0.717) is 36.8 Å². The summed E-state index contributed by atoms with van der Waals surface area (Å²) >= 11 is 0. The molecule has 7 nitrogen and oxygen atoms in total. The predicted molar refractivity (Wildman–Crippen MR) is 84.8 cm³/mol. The quantitative estimate of drug-likeness (QED) is 0.866. The lowest BCUT2D eigenvalue weighted by molar-refractivity contribution is 0.185. The molecule has 0 amide bonds. The molecule has 0 radical (unpaired) electrons. The maximum absolute atomic E-state index is 5.63. The van der Waals surface area contributed by atoms with Crippen molar-refractivity contribution < 1.29 is 14.2 Å². The zero-order valence-electron chi connectivity index (χ0n) is 13.2. The molecule has 1 fully saturated rings. The van der Waals surface area contributed by atoms with Crippen LogP contribution >= 0.6 is 0 Å². The normalized spacial score (nSPS) is 20.3. The maximum atomic E-state index is 5.63. The second-order valence-corrected chi connectivity index (χ2v) is 5.38. The van der Waals surface area contributed by atoms with E-state index in [9.17, 15) is 0 Å². The fourth-order valence-corrected chi connectivity index (χ4v) is 2.62. The molecule has 122 valence electrons. The van der Waals surface area contributed by atoms with Crippen LogP contribution < -0.4 is 14.8 Å². The molecule has 1 N–H and O–H groups in total. The molecular weight excluding hydrogens is 296 g/mol. The first-order chi connectivity index (χ1) is 11.3. The van der Waals surface area contributed by atoms with Gasteiger partial charge in [0.1, 0.15) is 0 Å². The summed E-state index contributed by atoms with van der Waals surface area (Å²) in [6.07, 6.45) is 4.54. The van der Waals surface area contributed by atoms with Gasteiger partial charge in [0.25, 0.3) is 0 Å². The molecule has 0 unspecified atom stereocenters. The van der Waals surface area contributed by atoms with Crippen LogP contribution in [0.25, 0.3) is 0 Å². The summed E-state index contributed by atoms with van der Waals surface area (Å²) in [5, 5.41) is 3.34. The van der Waals surface area contributed by atoms with Crippen LogP contribution in [0.3, 0.4) is 0 Å². The van der Waals surface area contributed by atoms with Crippen molar-refractivity contribution in [3.63, 3.8) is 0 Å². The smallest absolute Gasteiger partial charge is 0.229 e. The molecule has 0 spiro atoms. The summed E-state index contributed by atoms with van der Waals surface area (Å²) in [6.45, 7) is 1.33. The van der Waals surface area contributed by atoms with Gasteiger partial charge in [-0.2, -0.15) is 9.97 Å². The molecule has 1 aliphatic rings. The number of aromatic nitrogens is 3. The van der Waals surface area contributed by atoms with Crippen LogP contribution in [0.1, 0.15) is 5.56 Å². The van der Waals surface area contributed by atoms with Crippen LogP contribution in [-0.2, 0) is 11.2 Å². The molecule has 2 atom stereocenters. The average Bonchev–Trinajstić information content (AvgIpc) is 3.02. The Morgan fingerprint density at radius 3 is 2.48 bits per heavy atom. The molecule has 1 aliphatic heterocycles. The molecule has 23 heavy (non-hydrogen) atoms. The number of pyridine rings is 1. The van der Waals surface area contributed by atoms with Crippen LogP contribution in [-0.4, -0.2) is 48.4 Å². The Morgan fingerprint density at radius 2 is 1.83 bits per heavy atom. The minimum Gasteiger partial charge on any atom is -0.481 e. The first-order valence-electron chi connectivity index (χ1n) is 7.48. The van der Waals surface area contributed by atoms with Crippen molar-refractivity contribution in [1.82, 2.24) is 15.0 Å². The van der Waals surface area contributed by atoms with Gasteiger partial charge in [-0.25, -0.2) is 0 Å². The van der Waals surface area contributed by atoms with E-state index < -0.39 is 0 Å². The summed E-state index contributed by atoms with van der Waals surface area (Å²) in [4.78, 5) is 12.7. The molecule has 2 aromatic rings. The van der Waals surface area contributed by atoms with Gasteiger partial charge in [-0.3, -0.25) is 4.98 Å². The van der Waals surface area contributed by atoms with Crippen molar-refractivity contribution >= 4 is 5.95 Å². The van der Waals surface area contributed by atoms with Gasteiger partial charge in [0.2, 0.25) is 17.7 Å². The lowest BCUT2D eigenvalue weighted by Gasteiger charge is -2.19. The van der Waals surface area contributed by atoms with E-state index in [4.69, 9.17) is 14.2 Å². The first-order valence-corrected chi connectivity index (χ1v) is 7.48. The number of methoxy groups -OCH3 is 2. The zero-order valence-corrected chi connectivity index (χ0v) is 13.2. The van der Waals surface area contributed by atoms with Gasteiger partial charge in [0, 0.05) is 18.3 Å². The third-order valence-electron chi connectivity index (χ3n) is 3.86. The summed E-state index contributed by atoms with van der Waals surface area (Å²) in [6, 6.07) is 5.84. The van der Waals surface area contributed by atoms with Crippen molar-refractivity contribution in [3.05, 3.63) is 36.2 Å². The monoisotopic (exact) mass is 316 g/mol. The zero-order chi connectivity index (χ0) is 16.1. The number of nitrogens with zero attached hydrogens (tertiary/aromatic N) is 3. The van der Waals surface area contributed by atoms with E-state index in [1.165, 1.54) is 5.56 Å². The van der Waals surface area contributed by atoms with Gasteiger partial charge in [-0.05, 0) is 24.1 Å². The number of ether oxygens (including phenoxy) is 3. The van der Waals surface area contributed by atoms with Gasteiger partial charge in [-0.1, -0.05) is 0 Å². The third-order valence-corrected chi connectivity index (χ3v) is 3.86. The van der Waals surface area contributed by atoms with Crippen LogP contribution in [0, 0.1) is 5.92 Å². The topological polar surface area (TPSA) is 78.4 Å². The second kappa shape index (κ2) is 7.23. The van der Waals surface area contributed by atoms with E-state index in [1.54, 1.807) is 20.3 Å². The highest BCUT2D eigenvalue weighted by Gasteiger charge is 2.29. The number of nitrogens with one attached hydrogen (secondary N) is 1. The molecule has 3 heterocycles. The van der Waals surface area contributed by atoms with Crippen LogP contribution in [0.5, 0.6) is 11.8 Å². The Labute approximate surface area is 135 Å². The Balaban J connectivity index is 1.71. The van der Waals surface area contributed by atoms with Crippen molar-refractivity contribution in [1.29, 1.82) is 0 Å². The molecule has 3 rings (SSSR count). The number of rotatable bonds is 6. The van der Waals surface area contributed by atoms with Gasteiger partial charge < -0.3 is 19.5 Å². The molecule has 0 saturated carbocycles. The largest absolute Gasteiger partial charge is 0.481 e. The SMILES string of the molecule is COc1cc(OC)nc(N[C@H]2COC[C@H]2Cc2ccncc2)n1. The molecule has 2 aromatic heterocycles. The third kappa shape index (κ3) is 3.87. The lowest BCUT2D eigenvalue weighted by atomic mass is 9.95. The molecular formula is C16H20N4O3. The summed E-state index contributed by atoms with van der Waals surface area (Å²) in [5.74, 6) is 1.75. The van der Waals surface area contributed by atoms with Gasteiger partial charge in [0.15, 0.2) is 0 Å². The molecule has 0 bridgehead atoms. The Bertz CT molecular complexity index is 616. The number of anilines is 1. The lowest BCUT2D eigenvalue weighted by Crippen LogP contribution is -2.30. The fourth-order valence-electron chi connectivity index (χ4n) is 2.62. The highest BCUT2D eigenvalue weighted by molar-refractivity contribution is 5.35. The Hall–Kier alpha value is -2.41. The van der Waals surface area contributed by atoms with Gasteiger partial charge >= 0.3 is 0 Å². The van der Waals surface area contributed by atoms with Crippen LogP contribution in [0.2, 0.25) is 0 Å². The minimum atomic E-state index is 0.139. The van der Waals surface area contributed by atoms with Crippen molar-refractivity contribution in [3.8, 4) is 11.8 Å². The van der Waals surface area contributed by atoms with Crippen molar-refractivity contribution in [2.75, 3.05) is 32.8 Å². The Kier molecular flexibility index (Phi) is 4.87. The highest BCUT2D eigenvalue weighted by Crippen LogP contribution is 2.23. The van der Waals surface area contributed by atoms with E-state index in [0.717, 1.165) is 6.42 Å². The van der Waals surface area contributed by atoms with Crippen molar-refractivity contribution in [2.45, 2.75) is 12.5 Å². The predicted octanol–water partition coefficient (Wildman–Crippen LogP) is 1.56. The maximum Gasteiger partial charge on any atom is 0.229 e. The molecule has 0 aromatic carbocycles. The minimum absolute atomic E-state index is 0.139. The molecule has 0 aliphatic carbocycles. The molecule has 1 saturated heterocycles. The van der Waals surface area contributed by atoms with Gasteiger partial charge in [0.05, 0.1) is 39.5 Å². The van der Waals surface area contributed by atoms with Crippen LogP contribution in [0.15, 0.2) is 30.6 Å². The fraction of sp³-hybridized carbons (Fsp3) is 0.438. The Morgan fingerprint density at radius 1 is 1.13 bits per heavy atom.